The van der Waals surface area contributed by atoms with Crippen molar-refractivity contribution in [2.45, 2.75) is 31.2 Å². The molecule has 0 radical (unpaired) electrons. The van der Waals surface area contributed by atoms with Crippen molar-refractivity contribution in [3.05, 3.63) is 107 Å². The van der Waals surface area contributed by atoms with E-state index < -0.39 is 5.41 Å². The Labute approximate surface area is 176 Å². The van der Waals surface area contributed by atoms with Crippen LogP contribution in [0, 0.1) is 11.8 Å². The highest BCUT2D eigenvalue weighted by Crippen LogP contribution is 2.65. The predicted octanol–water partition coefficient (Wildman–Crippen LogP) is 4.64. The van der Waals surface area contributed by atoms with Crippen LogP contribution < -0.4 is 0 Å². The first-order chi connectivity index (χ1) is 14.7. The lowest BCUT2D eigenvalue weighted by Crippen LogP contribution is -2.53. The summed E-state index contributed by atoms with van der Waals surface area (Å²) in [7, 11) is 0. The third kappa shape index (κ3) is 2.00. The summed E-state index contributed by atoms with van der Waals surface area (Å²) in [5.74, 6) is -0.710. The van der Waals surface area contributed by atoms with Gasteiger partial charge in [-0.2, -0.15) is 0 Å². The fourth-order valence-electron chi connectivity index (χ4n) is 6.51. The molecule has 30 heavy (non-hydrogen) atoms. The second kappa shape index (κ2) is 6.15. The van der Waals surface area contributed by atoms with Gasteiger partial charge in [0, 0.05) is 11.3 Å². The maximum Gasteiger partial charge on any atom is 0.234 e. The Balaban J connectivity index is 1.57. The number of likely N-dealkylation sites (tertiary alicyclic amines) is 1. The number of hydrogen-bond acceptors (Lipinski definition) is 2. The molecular weight excluding hydrogens is 370 g/mol. The average molecular weight is 393 g/mol. The van der Waals surface area contributed by atoms with Gasteiger partial charge in [-0.1, -0.05) is 85.8 Å². The minimum Gasteiger partial charge on any atom is -0.278 e. The highest BCUT2D eigenvalue weighted by atomic mass is 16.2. The zero-order valence-electron chi connectivity index (χ0n) is 16.9. The van der Waals surface area contributed by atoms with Crippen molar-refractivity contribution in [3.63, 3.8) is 0 Å². The standard InChI is InChI=1S/C27H23NO2/c1-2-27-20-14-8-6-12-18(20)22(19-13-7-9-15-21(19)27)23-24(27)26(30)28(25(23)29)16-17-10-4-3-5-11-17/h3-15,22-24H,2,16H2,1H3/t22?,23-,24-,27?/m1/s1. The lowest BCUT2D eigenvalue weighted by atomic mass is 9.46. The molecule has 3 aromatic carbocycles. The summed E-state index contributed by atoms with van der Waals surface area (Å²) >= 11 is 0. The molecule has 2 atom stereocenters. The van der Waals surface area contributed by atoms with Crippen molar-refractivity contribution in [2.75, 3.05) is 0 Å². The summed E-state index contributed by atoms with van der Waals surface area (Å²) in [4.78, 5) is 29.1. The van der Waals surface area contributed by atoms with Crippen LogP contribution in [0.4, 0.5) is 0 Å². The van der Waals surface area contributed by atoms with Gasteiger partial charge in [-0.25, -0.2) is 0 Å². The van der Waals surface area contributed by atoms with Gasteiger partial charge >= 0.3 is 0 Å². The number of carbonyl (C=O) groups excluding carboxylic acids is 2. The zero-order valence-corrected chi connectivity index (χ0v) is 16.9. The predicted molar refractivity (Wildman–Crippen MR) is 115 cm³/mol. The van der Waals surface area contributed by atoms with Crippen molar-refractivity contribution in [3.8, 4) is 0 Å². The summed E-state index contributed by atoms with van der Waals surface area (Å²) in [6.07, 6.45) is 0.799. The number of hydrogen-bond donors (Lipinski definition) is 0. The molecule has 1 saturated heterocycles. The molecule has 3 heteroatoms. The van der Waals surface area contributed by atoms with Crippen LogP contribution in [-0.4, -0.2) is 16.7 Å². The Bertz CT molecular complexity index is 1130. The molecular formula is C27H23NO2. The lowest BCUT2D eigenvalue weighted by Gasteiger charge is -2.54. The van der Waals surface area contributed by atoms with Gasteiger partial charge in [-0.15, -0.1) is 0 Å². The van der Waals surface area contributed by atoms with E-state index in [1.807, 2.05) is 30.3 Å². The van der Waals surface area contributed by atoms with Gasteiger partial charge in [0.25, 0.3) is 0 Å². The van der Waals surface area contributed by atoms with Gasteiger partial charge in [0.2, 0.25) is 11.8 Å². The average Bonchev–Trinajstić information content (AvgIpc) is 3.05. The highest BCUT2D eigenvalue weighted by Gasteiger charge is 2.67. The fourth-order valence-corrected chi connectivity index (χ4v) is 6.51. The Morgan fingerprint density at radius 1 is 0.767 bits per heavy atom. The van der Waals surface area contributed by atoms with E-state index in [0.29, 0.717) is 6.54 Å². The quantitative estimate of drug-likeness (QED) is 0.608. The first-order valence-electron chi connectivity index (χ1n) is 10.8. The molecule has 0 saturated carbocycles. The van der Waals surface area contributed by atoms with Crippen LogP contribution in [0.5, 0.6) is 0 Å². The van der Waals surface area contributed by atoms with Crippen LogP contribution in [0.3, 0.4) is 0 Å². The second-order valence-electron chi connectivity index (χ2n) is 8.73. The van der Waals surface area contributed by atoms with Crippen molar-refractivity contribution < 1.29 is 9.59 Å². The van der Waals surface area contributed by atoms with Crippen molar-refractivity contribution >= 4 is 11.8 Å². The third-order valence-electron chi connectivity index (χ3n) is 7.63. The SMILES string of the molecule is CCC12c3ccccc3C(c3ccccc31)[C@H]1C(=O)N(Cc3ccccc3)C(=O)[C@@H]12. The molecule has 0 N–H and O–H groups in total. The number of carbonyl (C=O) groups is 2. The molecule has 4 aliphatic rings. The molecule has 7 rings (SSSR count). The Kier molecular flexibility index (Phi) is 3.62. The Morgan fingerprint density at radius 2 is 1.33 bits per heavy atom. The molecule has 148 valence electrons. The third-order valence-corrected chi connectivity index (χ3v) is 7.63. The molecule has 1 heterocycles. The number of amides is 2. The number of benzene rings is 3. The first kappa shape index (κ1) is 17.6. The van der Waals surface area contributed by atoms with E-state index in [-0.39, 0.29) is 29.6 Å². The van der Waals surface area contributed by atoms with E-state index in [0.717, 1.165) is 12.0 Å². The summed E-state index contributed by atoms with van der Waals surface area (Å²) in [5.41, 5.74) is 5.47. The minimum absolute atomic E-state index is 0.00953. The maximum atomic E-state index is 13.8. The topological polar surface area (TPSA) is 37.4 Å². The maximum absolute atomic E-state index is 13.8. The van der Waals surface area contributed by atoms with Gasteiger partial charge in [0.05, 0.1) is 18.4 Å². The lowest BCUT2D eigenvalue weighted by molar-refractivity contribution is -0.140. The van der Waals surface area contributed by atoms with Gasteiger partial charge in [0.1, 0.15) is 0 Å². The molecule has 0 unspecified atom stereocenters. The number of nitrogens with zero attached hydrogens (tertiary/aromatic N) is 1. The van der Waals surface area contributed by atoms with Gasteiger partial charge in [0.15, 0.2) is 0 Å². The molecule has 2 bridgehead atoms. The summed E-state index contributed by atoms with van der Waals surface area (Å²) < 4.78 is 0. The summed E-state index contributed by atoms with van der Waals surface area (Å²) in [6, 6.07) is 26.8. The molecule has 1 aliphatic heterocycles. The van der Waals surface area contributed by atoms with Gasteiger partial charge < -0.3 is 0 Å². The normalized spacial score (nSPS) is 28.3. The van der Waals surface area contributed by atoms with Crippen LogP contribution in [-0.2, 0) is 21.5 Å². The minimum atomic E-state index is -0.440. The smallest absolute Gasteiger partial charge is 0.234 e. The van der Waals surface area contributed by atoms with Crippen molar-refractivity contribution in [1.29, 1.82) is 0 Å². The molecule has 3 aliphatic carbocycles. The fraction of sp³-hybridized carbons (Fsp3) is 0.259. The van der Waals surface area contributed by atoms with Crippen LogP contribution in [0.15, 0.2) is 78.9 Å². The van der Waals surface area contributed by atoms with Crippen LogP contribution in [0.2, 0.25) is 0 Å². The molecule has 3 aromatic rings. The van der Waals surface area contributed by atoms with E-state index in [4.69, 9.17) is 0 Å². The number of rotatable bonds is 3. The number of imide groups is 1. The van der Waals surface area contributed by atoms with Crippen molar-refractivity contribution in [1.82, 2.24) is 4.90 Å². The zero-order chi connectivity index (χ0) is 20.5. The molecule has 0 spiro atoms. The van der Waals surface area contributed by atoms with E-state index in [9.17, 15) is 9.59 Å². The van der Waals surface area contributed by atoms with E-state index in [1.54, 1.807) is 0 Å². The van der Waals surface area contributed by atoms with Crippen LogP contribution >= 0.6 is 0 Å². The van der Waals surface area contributed by atoms with E-state index >= 15 is 0 Å². The first-order valence-corrected chi connectivity index (χ1v) is 10.8. The Morgan fingerprint density at radius 3 is 1.93 bits per heavy atom. The van der Waals surface area contributed by atoms with E-state index in [1.165, 1.54) is 27.2 Å². The van der Waals surface area contributed by atoms with Gasteiger partial charge in [-0.05, 0) is 34.2 Å². The largest absolute Gasteiger partial charge is 0.278 e. The van der Waals surface area contributed by atoms with Crippen LogP contribution in [0.1, 0.15) is 47.1 Å². The molecule has 3 nitrogen and oxygen atoms in total. The van der Waals surface area contributed by atoms with Gasteiger partial charge in [-0.3, -0.25) is 14.5 Å². The highest BCUT2D eigenvalue weighted by molar-refractivity contribution is 6.08. The van der Waals surface area contributed by atoms with E-state index in [2.05, 4.69) is 55.5 Å². The molecule has 2 amide bonds. The molecule has 0 aromatic heterocycles. The van der Waals surface area contributed by atoms with Crippen molar-refractivity contribution in [2.24, 2.45) is 11.8 Å². The Hall–Kier alpha value is -3.20. The summed E-state index contributed by atoms with van der Waals surface area (Å²) in [5, 5.41) is 0. The summed E-state index contributed by atoms with van der Waals surface area (Å²) in [6.45, 7) is 2.51. The second-order valence-corrected chi connectivity index (χ2v) is 8.73. The molecule has 1 fully saturated rings. The monoisotopic (exact) mass is 393 g/mol. The van der Waals surface area contributed by atoms with Crippen LogP contribution in [0.25, 0.3) is 0 Å².